The molecule has 0 atom stereocenters. The molecule has 3 rings (SSSR count). The second-order valence-corrected chi connectivity index (χ2v) is 7.85. The van der Waals surface area contributed by atoms with Gasteiger partial charge in [-0.15, -0.1) is 0 Å². The van der Waals surface area contributed by atoms with Crippen LogP contribution in [0.1, 0.15) is 62.6 Å². The Morgan fingerprint density at radius 1 is 1.06 bits per heavy atom. The fraction of sp³-hybridized carbons (Fsp3) is 0.500. The van der Waals surface area contributed by atoms with Crippen molar-refractivity contribution in [1.29, 1.82) is 0 Å². The summed E-state index contributed by atoms with van der Waals surface area (Å²) in [6.45, 7) is 7.22. The number of H-pyrrole nitrogens is 1. The van der Waals surface area contributed by atoms with Gasteiger partial charge in [0.25, 0.3) is 5.56 Å². The van der Waals surface area contributed by atoms with Gasteiger partial charge in [-0.25, -0.2) is 14.6 Å². The molecule has 0 amide bonds. The van der Waals surface area contributed by atoms with Crippen LogP contribution >= 0.6 is 0 Å². The molecule has 0 aliphatic heterocycles. The minimum atomic E-state index is -0.564. The van der Waals surface area contributed by atoms with E-state index in [1.165, 1.54) is 11.7 Å². The molecule has 34 heavy (non-hydrogen) atoms. The number of methoxy groups -OCH3 is 1. The lowest BCUT2D eigenvalue weighted by Gasteiger charge is -2.12. The molecule has 10 nitrogen and oxygen atoms in total. The molecule has 0 saturated carbocycles. The van der Waals surface area contributed by atoms with Crippen LogP contribution in [0.15, 0.2) is 27.8 Å². The number of hydrogen-bond acceptors (Lipinski definition) is 7. The van der Waals surface area contributed by atoms with E-state index in [9.17, 15) is 14.4 Å². The number of ether oxygens (including phenoxy) is 3. The third kappa shape index (κ3) is 5.32. The summed E-state index contributed by atoms with van der Waals surface area (Å²) in [4.78, 5) is 44.4. The minimum Gasteiger partial charge on any atom is -0.493 e. The molecule has 0 spiro atoms. The second kappa shape index (κ2) is 11.5. The van der Waals surface area contributed by atoms with Crippen LogP contribution in [0, 0.1) is 0 Å². The van der Waals surface area contributed by atoms with Crippen molar-refractivity contribution in [3.8, 4) is 11.5 Å². The zero-order valence-corrected chi connectivity index (χ0v) is 20.2. The maximum atomic E-state index is 12.7. The van der Waals surface area contributed by atoms with Crippen molar-refractivity contribution >= 4 is 17.1 Å². The SMILES string of the molecule is CCCCOc1ccc(C(=O)OCc2nc3c(c(=O)[nH]c(=O)n3CCCC)n2CC)cc1OC. The summed E-state index contributed by atoms with van der Waals surface area (Å²) in [5.41, 5.74) is -0.118. The summed E-state index contributed by atoms with van der Waals surface area (Å²) in [7, 11) is 1.51. The molecule has 2 aromatic heterocycles. The molecular weight excluding hydrogens is 440 g/mol. The second-order valence-electron chi connectivity index (χ2n) is 7.85. The number of carbonyl (C=O) groups is 1. The van der Waals surface area contributed by atoms with Crippen molar-refractivity contribution in [1.82, 2.24) is 19.1 Å². The van der Waals surface area contributed by atoms with Crippen molar-refractivity contribution in [3.05, 3.63) is 50.4 Å². The maximum Gasteiger partial charge on any atom is 0.338 e. The molecule has 0 aliphatic rings. The van der Waals surface area contributed by atoms with E-state index in [4.69, 9.17) is 14.2 Å². The number of hydrogen-bond donors (Lipinski definition) is 1. The van der Waals surface area contributed by atoms with E-state index < -0.39 is 17.2 Å². The smallest absolute Gasteiger partial charge is 0.338 e. The molecule has 0 aliphatic carbocycles. The maximum absolute atomic E-state index is 12.7. The van der Waals surface area contributed by atoms with E-state index in [0.29, 0.717) is 53.7 Å². The van der Waals surface area contributed by atoms with E-state index in [1.807, 2.05) is 13.8 Å². The van der Waals surface area contributed by atoms with E-state index in [2.05, 4.69) is 16.9 Å². The Kier molecular flexibility index (Phi) is 8.50. The predicted molar refractivity (Wildman–Crippen MR) is 128 cm³/mol. The van der Waals surface area contributed by atoms with Crippen molar-refractivity contribution in [2.24, 2.45) is 0 Å². The molecule has 0 bridgehead atoms. The highest BCUT2D eigenvalue weighted by Gasteiger charge is 2.19. The first-order valence-corrected chi connectivity index (χ1v) is 11.6. The van der Waals surface area contributed by atoms with Gasteiger partial charge in [-0.1, -0.05) is 26.7 Å². The number of carbonyl (C=O) groups excluding carboxylic acids is 1. The standard InChI is InChI=1S/C24H32N4O6/c1-5-8-12-28-21-20(22(29)26-24(28)31)27(7-3)19(25-21)15-34-23(30)16-10-11-17(18(14-16)32-4)33-13-9-6-2/h10-11,14H,5-9,12-13,15H2,1-4H3,(H,26,29,31). The number of benzene rings is 1. The molecular formula is C24H32N4O6. The van der Waals surface area contributed by atoms with Crippen LogP contribution < -0.4 is 20.7 Å². The van der Waals surface area contributed by atoms with E-state index in [1.54, 1.807) is 22.8 Å². The average molecular weight is 473 g/mol. The van der Waals surface area contributed by atoms with Gasteiger partial charge >= 0.3 is 11.7 Å². The number of aryl methyl sites for hydroxylation is 2. The lowest BCUT2D eigenvalue weighted by molar-refractivity contribution is 0.0458. The topological polar surface area (TPSA) is 117 Å². The van der Waals surface area contributed by atoms with Crippen LogP contribution in [0.4, 0.5) is 0 Å². The molecule has 1 N–H and O–H groups in total. The van der Waals surface area contributed by atoms with E-state index >= 15 is 0 Å². The van der Waals surface area contributed by atoms with E-state index in [0.717, 1.165) is 25.7 Å². The molecule has 184 valence electrons. The number of aromatic nitrogens is 4. The Balaban J connectivity index is 1.84. The number of nitrogens with one attached hydrogen (secondary N) is 1. The normalized spacial score (nSPS) is 11.1. The van der Waals surface area contributed by atoms with Gasteiger partial charge in [0.1, 0.15) is 12.4 Å². The van der Waals surface area contributed by atoms with Gasteiger partial charge in [0.15, 0.2) is 22.7 Å². The third-order valence-electron chi connectivity index (χ3n) is 5.50. The number of esters is 1. The Morgan fingerprint density at radius 2 is 1.82 bits per heavy atom. The first-order valence-electron chi connectivity index (χ1n) is 11.6. The molecule has 3 aromatic rings. The van der Waals surface area contributed by atoms with Crippen LogP contribution in [-0.4, -0.2) is 38.8 Å². The first-order chi connectivity index (χ1) is 16.4. The molecule has 0 saturated heterocycles. The number of unbranched alkanes of at least 4 members (excludes halogenated alkanes) is 2. The highest BCUT2D eigenvalue weighted by Crippen LogP contribution is 2.28. The largest absolute Gasteiger partial charge is 0.493 e. The molecule has 2 heterocycles. The summed E-state index contributed by atoms with van der Waals surface area (Å²) in [6.07, 6.45) is 3.58. The average Bonchev–Trinajstić information content (AvgIpc) is 3.21. The number of nitrogens with zero attached hydrogens (tertiary/aromatic N) is 3. The van der Waals surface area contributed by atoms with Crippen LogP contribution in [0.25, 0.3) is 11.2 Å². The molecule has 0 fully saturated rings. The monoisotopic (exact) mass is 472 g/mol. The van der Waals surface area contributed by atoms with Crippen molar-refractivity contribution in [2.75, 3.05) is 13.7 Å². The van der Waals surface area contributed by atoms with Gasteiger partial charge < -0.3 is 18.8 Å². The summed E-state index contributed by atoms with van der Waals surface area (Å²) < 4.78 is 19.7. The quantitative estimate of drug-likeness (QED) is 0.318. The Labute approximate surface area is 197 Å². The van der Waals surface area contributed by atoms with Crippen molar-refractivity contribution in [2.45, 2.75) is 66.2 Å². The lowest BCUT2D eigenvalue weighted by atomic mass is 10.2. The van der Waals surface area contributed by atoms with Crippen molar-refractivity contribution < 1.29 is 19.0 Å². The molecule has 0 unspecified atom stereocenters. The van der Waals surface area contributed by atoms with E-state index in [-0.39, 0.29) is 6.61 Å². The highest BCUT2D eigenvalue weighted by molar-refractivity contribution is 5.90. The van der Waals surface area contributed by atoms with Crippen LogP contribution in [0.2, 0.25) is 0 Å². The molecule has 0 radical (unpaired) electrons. The van der Waals surface area contributed by atoms with Gasteiger partial charge in [0.2, 0.25) is 0 Å². The zero-order chi connectivity index (χ0) is 24.7. The Morgan fingerprint density at radius 3 is 2.50 bits per heavy atom. The number of imidazole rings is 1. The minimum absolute atomic E-state index is 0.153. The zero-order valence-electron chi connectivity index (χ0n) is 20.2. The van der Waals surface area contributed by atoms with Gasteiger partial charge in [-0.05, 0) is 38.0 Å². The number of aromatic amines is 1. The summed E-state index contributed by atoms with van der Waals surface area (Å²) in [6, 6.07) is 4.86. The van der Waals surface area contributed by atoms with Crippen LogP contribution in [0.3, 0.4) is 0 Å². The number of rotatable bonds is 12. The summed E-state index contributed by atoms with van der Waals surface area (Å²) in [5.74, 6) is 0.825. The van der Waals surface area contributed by atoms with Gasteiger partial charge in [-0.2, -0.15) is 0 Å². The number of fused-ring (bicyclic) bond motifs is 1. The van der Waals surface area contributed by atoms with Crippen LogP contribution in [0.5, 0.6) is 11.5 Å². The lowest BCUT2D eigenvalue weighted by Crippen LogP contribution is -2.31. The predicted octanol–water partition coefficient (Wildman–Crippen LogP) is 3.25. The fourth-order valence-corrected chi connectivity index (χ4v) is 3.65. The Bertz CT molecular complexity index is 1260. The van der Waals surface area contributed by atoms with Crippen molar-refractivity contribution in [3.63, 3.8) is 0 Å². The first kappa shape index (κ1) is 25.1. The highest BCUT2D eigenvalue weighted by atomic mass is 16.5. The molecule has 10 heteroatoms. The van der Waals surface area contributed by atoms with Crippen LogP contribution in [-0.2, 0) is 24.4 Å². The Hall–Kier alpha value is -3.56. The van der Waals surface area contributed by atoms with Gasteiger partial charge in [-0.3, -0.25) is 14.3 Å². The van der Waals surface area contributed by atoms with Gasteiger partial charge in [0.05, 0.1) is 19.3 Å². The fourth-order valence-electron chi connectivity index (χ4n) is 3.65. The summed E-state index contributed by atoms with van der Waals surface area (Å²) in [5, 5.41) is 0. The molecule has 1 aromatic carbocycles. The third-order valence-corrected chi connectivity index (χ3v) is 5.50. The van der Waals surface area contributed by atoms with Gasteiger partial charge in [0, 0.05) is 13.1 Å². The summed E-state index contributed by atoms with van der Waals surface area (Å²) >= 11 is 0.